The fourth-order valence-electron chi connectivity index (χ4n) is 3.05. The number of aromatic nitrogens is 3. The van der Waals surface area contributed by atoms with Crippen LogP contribution in [0.25, 0.3) is 22.2 Å². The molecular weight excluding hydrogens is 340 g/mol. The number of rotatable bonds is 5. The number of nitrogens with zero attached hydrogens (tertiary/aromatic N) is 3. The van der Waals surface area contributed by atoms with Crippen LogP contribution >= 0.6 is 0 Å². The van der Waals surface area contributed by atoms with E-state index in [0.29, 0.717) is 29.0 Å². The summed E-state index contributed by atoms with van der Waals surface area (Å²) < 4.78 is 7.02. The van der Waals surface area contributed by atoms with E-state index >= 15 is 0 Å². The highest BCUT2D eigenvalue weighted by Gasteiger charge is 2.25. The van der Waals surface area contributed by atoms with Crippen molar-refractivity contribution in [1.82, 2.24) is 14.5 Å². The first-order valence-electron chi connectivity index (χ1n) is 8.55. The van der Waals surface area contributed by atoms with Gasteiger partial charge in [0.15, 0.2) is 5.65 Å². The molecule has 2 heterocycles. The summed E-state index contributed by atoms with van der Waals surface area (Å²) in [7, 11) is 0. The molecule has 2 aromatic heterocycles. The Hall–Kier alpha value is -3.67. The van der Waals surface area contributed by atoms with Crippen molar-refractivity contribution in [2.75, 3.05) is 12.3 Å². The lowest BCUT2D eigenvalue weighted by Gasteiger charge is -2.08. The van der Waals surface area contributed by atoms with Gasteiger partial charge in [-0.25, -0.2) is 14.8 Å². The van der Waals surface area contributed by atoms with E-state index in [0.717, 1.165) is 11.1 Å². The first-order valence-corrected chi connectivity index (χ1v) is 8.55. The molecule has 0 amide bonds. The van der Waals surface area contributed by atoms with Gasteiger partial charge in [0.1, 0.15) is 23.5 Å². The van der Waals surface area contributed by atoms with Crippen LogP contribution in [0.2, 0.25) is 0 Å². The van der Waals surface area contributed by atoms with Crippen LogP contribution in [0.4, 0.5) is 5.82 Å². The maximum Gasteiger partial charge on any atom is 0.344 e. The first kappa shape index (κ1) is 16.8. The second-order valence-corrected chi connectivity index (χ2v) is 6.10. The molecule has 0 saturated heterocycles. The third-order valence-electron chi connectivity index (χ3n) is 4.31. The number of nitrogen functional groups attached to an aromatic ring is 1. The predicted molar refractivity (Wildman–Crippen MR) is 105 cm³/mol. The van der Waals surface area contributed by atoms with Gasteiger partial charge < -0.3 is 15.0 Å². The van der Waals surface area contributed by atoms with Crippen molar-refractivity contribution in [3.05, 3.63) is 78.4 Å². The van der Waals surface area contributed by atoms with Crippen molar-refractivity contribution in [1.29, 1.82) is 0 Å². The van der Waals surface area contributed by atoms with E-state index < -0.39 is 5.97 Å². The van der Waals surface area contributed by atoms with Crippen molar-refractivity contribution >= 4 is 34.0 Å². The van der Waals surface area contributed by atoms with E-state index in [2.05, 4.69) is 11.6 Å². The van der Waals surface area contributed by atoms with Gasteiger partial charge in [-0.15, -0.1) is 0 Å². The van der Waals surface area contributed by atoms with Crippen molar-refractivity contribution in [2.45, 2.75) is 6.54 Å². The van der Waals surface area contributed by atoms with Crippen LogP contribution in [0.15, 0.2) is 67.3 Å². The molecular formula is C21H18N4O2. The lowest BCUT2D eigenvalue weighted by atomic mass is 10.2. The zero-order chi connectivity index (χ0) is 18.8. The molecule has 0 fully saturated rings. The number of nitrogens with two attached hydrogens (primary N) is 1. The van der Waals surface area contributed by atoms with Gasteiger partial charge in [0.2, 0.25) is 0 Å². The standard InChI is InChI=1S/C21H18N4O2/c1-2-12-27-21(26)17-18-20(24-16-11-7-6-10-15(16)23-18)25(19(17)22)13-14-8-4-3-5-9-14/h2-11H,1,12-13,22H2. The van der Waals surface area contributed by atoms with Gasteiger partial charge in [-0.2, -0.15) is 0 Å². The molecule has 4 rings (SSSR count). The molecule has 0 spiro atoms. The van der Waals surface area contributed by atoms with E-state index in [-0.39, 0.29) is 12.2 Å². The topological polar surface area (TPSA) is 83.0 Å². The number of anilines is 1. The third kappa shape index (κ3) is 3.01. The molecule has 0 aliphatic rings. The number of hydrogen-bond acceptors (Lipinski definition) is 5. The lowest BCUT2D eigenvalue weighted by Crippen LogP contribution is -2.10. The van der Waals surface area contributed by atoms with Gasteiger partial charge in [0.05, 0.1) is 17.6 Å². The quantitative estimate of drug-likeness (QED) is 0.436. The minimum Gasteiger partial charge on any atom is -0.458 e. The summed E-state index contributed by atoms with van der Waals surface area (Å²) in [6, 6.07) is 17.4. The lowest BCUT2D eigenvalue weighted by molar-refractivity contribution is 0.0553. The molecule has 2 aromatic carbocycles. The van der Waals surface area contributed by atoms with Crippen LogP contribution in [0, 0.1) is 0 Å². The van der Waals surface area contributed by atoms with E-state index in [1.54, 1.807) is 4.57 Å². The molecule has 4 aromatic rings. The molecule has 0 saturated carbocycles. The highest BCUT2D eigenvalue weighted by atomic mass is 16.5. The zero-order valence-electron chi connectivity index (χ0n) is 14.6. The predicted octanol–water partition coefficient (Wildman–Crippen LogP) is 3.56. The Morgan fingerprint density at radius 2 is 1.74 bits per heavy atom. The molecule has 0 radical (unpaired) electrons. The molecule has 27 heavy (non-hydrogen) atoms. The Balaban J connectivity index is 1.95. The normalized spacial score (nSPS) is 11.0. The molecule has 134 valence electrons. The van der Waals surface area contributed by atoms with Gasteiger partial charge in [-0.3, -0.25) is 0 Å². The van der Waals surface area contributed by atoms with E-state index in [1.807, 2.05) is 54.6 Å². The average Bonchev–Trinajstić information content (AvgIpc) is 2.96. The number of para-hydroxylation sites is 2. The summed E-state index contributed by atoms with van der Waals surface area (Å²) in [4.78, 5) is 22.0. The summed E-state index contributed by atoms with van der Waals surface area (Å²) in [6.45, 7) is 4.15. The Labute approximate surface area is 155 Å². The molecule has 2 N–H and O–H groups in total. The molecule has 0 aliphatic carbocycles. The fraction of sp³-hybridized carbons (Fsp3) is 0.0952. The first-order chi connectivity index (χ1) is 13.2. The summed E-state index contributed by atoms with van der Waals surface area (Å²) in [5, 5.41) is 0. The highest BCUT2D eigenvalue weighted by Crippen LogP contribution is 2.29. The third-order valence-corrected chi connectivity index (χ3v) is 4.31. The smallest absolute Gasteiger partial charge is 0.344 e. The molecule has 0 atom stereocenters. The largest absolute Gasteiger partial charge is 0.458 e. The fourth-order valence-corrected chi connectivity index (χ4v) is 3.05. The number of carbonyl (C=O) groups excluding carboxylic acids is 1. The van der Waals surface area contributed by atoms with E-state index in [1.165, 1.54) is 6.08 Å². The minimum atomic E-state index is -0.534. The van der Waals surface area contributed by atoms with Crippen molar-refractivity contribution in [2.24, 2.45) is 0 Å². The van der Waals surface area contributed by atoms with Crippen LogP contribution in [0.3, 0.4) is 0 Å². The second kappa shape index (κ2) is 6.92. The summed E-state index contributed by atoms with van der Waals surface area (Å²) in [6.07, 6.45) is 1.51. The van der Waals surface area contributed by atoms with Crippen LogP contribution in [0.5, 0.6) is 0 Å². The molecule has 0 bridgehead atoms. The summed E-state index contributed by atoms with van der Waals surface area (Å²) >= 11 is 0. The number of benzene rings is 2. The van der Waals surface area contributed by atoms with Gasteiger partial charge in [-0.1, -0.05) is 55.1 Å². The SMILES string of the molecule is C=CCOC(=O)c1c(N)n(Cc2ccccc2)c2nc3ccccc3nc12. The van der Waals surface area contributed by atoms with Crippen LogP contribution in [-0.2, 0) is 11.3 Å². The second-order valence-electron chi connectivity index (χ2n) is 6.10. The van der Waals surface area contributed by atoms with E-state index in [9.17, 15) is 4.79 Å². The number of carbonyl (C=O) groups is 1. The van der Waals surface area contributed by atoms with Crippen LogP contribution < -0.4 is 5.73 Å². The maximum atomic E-state index is 12.6. The zero-order valence-corrected chi connectivity index (χ0v) is 14.6. The van der Waals surface area contributed by atoms with Gasteiger partial charge in [0, 0.05) is 0 Å². The maximum absolute atomic E-state index is 12.6. The number of hydrogen-bond donors (Lipinski definition) is 1. The van der Waals surface area contributed by atoms with E-state index in [4.69, 9.17) is 15.5 Å². The van der Waals surface area contributed by atoms with Crippen molar-refractivity contribution < 1.29 is 9.53 Å². The molecule has 0 unspecified atom stereocenters. The molecule has 6 nitrogen and oxygen atoms in total. The minimum absolute atomic E-state index is 0.102. The van der Waals surface area contributed by atoms with Crippen molar-refractivity contribution in [3.63, 3.8) is 0 Å². The van der Waals surface area contributed by atoms with Crippen molar-refractivity contribution in [3.8, 4) is 0 Å². The van der Waals surface area contributed by atoms with Crippen LogP contribution in [0.1, 0.15) is 15.9 Å². The summed E-state index contributed by atoms with van der Waals surface area (Å²) in [5.41, 5.74) is 10.1. The number of fused-ring (bicyclic) bond motifs is 2. The average molecular weight is 358 g/mol. The Morgan fingerprint density at radius 3 is 2.44 bits per heavy atom. The van der Waals surface area contributed by atoms with Crippen LogP contribution in [-0.4, -0.2) is 27.1 Å². The highest BCUT2D eigenvalue weighted by molar-refractivity contribution is 6.08. The van der Waals surface area contributed by atoms with Gasteiger partial charge in [-0.05, 0) is 17.7 Å². The monoisotopic (exact) mass is 358 g/mol. The molecule has 6 heteroatoms. The molecule has 0 aliphatic heterocycles. The Morgan fingerprint density at radius 1 is 1.07 bits per heavy atom. The van der Waals surface area contributed by atoms with Gasteiger partial charge in [0.25, 0.3) is 0 Å². The number of ether oxygens (including phenoxy) is 1. The van der Waals surface area contributed by atoms with Gasteiger partial charge >= 0.3 is 5.97 Å². The number of esters is 1. The summed E-state index contributed by atoms with van der Waals surface area (Å²) in [5.74, 6) is -0.244. The Bertz CT molecular complexity index is 1150. The Kier molecular flexibility index (Phi) is 4.30.